The number of nitrogens with one attached hydrogen (secondary N) is 2. The molecule has 0 aromatic heterocycles. The van der Waals surface area contributed by atoms with Crippen molar-refractivity contribution in [3.05, 3.63) is 65.7 Å². The van der Waals surface area contributed by atoms with Gasteiger partial charge in [0, 0.05) is 25.2 Å². The normalized spacial score (nSPS) is 20.8. The topological polar surface area (TPSA) is 53.6 Å². The first-order valence-corrected chi connectivity index (χ1v) is 10.2. The molecule has 2 N–H and O–H groups in total. The van der Waals surface area contributed by atoms with Crippen LogP contribution in [-0.2, 0) is 10.3 Å². The summed E-state index contributed by atoms with van der Waals surface area (Å²) in [6.07, 6.45) is 3.19. The number of piperazine rings is 1. The maximum atomic E-state index is 13.0. The molecule has 156 valence electrons. The van der Waals surface area contributed by atoms with Gasteiger partial charge in [-0.25, -0.2) is 0 Å². The van der Waals surface area contributed by atoms with Crippen LogP contribution in [0.15, 0.2) is 54.6 Å². The summed E-state index contributed by atoms with van der Waals surface area (Å²) in [6, 6.07) is 18.6. The molecule has 1 unspecified atom stereocenters. The highest BCUT2D eigenvalue weighted by Crippen LogP contribution is 2.41. The monoisotopic (exact) mass is 415 g/mol. The van der Waals surface area contributed by atoms with Crippen LogP contribution in [0, 0.1) is 0 Å². The molecule has 2 aliphatic rings. The molecule has 2 aromatic rings. The van der Waals surface area contributed by atoms with E-state index in [9.17, 15) is 4.79 Å². The number of nitrogens with zero attached hydrogens (tertiary/aromatic N) is 1. The lowest BCUT2D eigenvalue weighted by Crippen LogP contribution is -2.55. The molecule has 5 nitrogen and oxygen atoms in total. The highest BCUT2D eigenvalue weighted by molar-refractivity contribution is 5.85. The van der Waals surface area contributed by atoms with E-state index in [1.165, 1.54) is 5.56 Å². The van der Waals surface area contributed by atoms with Gasteiger partial charge in [-0.2, -0.15) is 0 Å². The number of methoxy groups -OCH3 is 1. The van der Waals surface area contributed by atoms with Crippen LogP contribution in [0.3, 0.4) is 0 Å². The van der Waals surface area contributed by atoms with Gasteiger partial charge in [0.25, 0.3) is 0 Å². The molecule has 1 saturated heterocycles. The highest BCUT2D eigenvalue weighted by Gasteiger charge is 2.40. The second kappa shape index (κ2) is 9.61. The Morgan fingerprint density at radius 3 is 2.59 bits per heavy atom. The summed E-state index contributed by atoms with van der Waals surface area (Å²) in [5, 5.41) is 6.82. The van der Waals surface area contributed by atoms with Gasteiger partial charge in [-0.1, -0.05) is 48.5 Å². The van der Waals surface area contributed by atoms with Crippen molar-refractivity contribution in [3.8, 4) is 5.75 Å². The zero-order valence-electron chi connectivity index (χ0n) is 16.9. The summed E-state index contributed by atoms with van der Waals surface area (Å²) < 4.78 is 5.56. The van der Waals surface area contributed by atoms with Crippen molar-refractivity contribution in [2.75, 3.05) is 33.3 Å². The van der Waals surface area contributed by atoms with Crippen LogP contribution < -0.4 is 15.4 Å². The number of amides is 1. The molecular weight excluding hydrogens is 386 g/mol. The fourth-order valence-corrected chi connectivity index (χ4v) is 4.45. The Kier molecular flexibility index (Phi) is 7.17. The van der Waals surface area contributed by atoms with Crippen LogP contribution in [0.4, 0.5) is 0 Å². The molecule has 0 spiro atoms. The SMILES string of the molecule is COc1ccccc1C1CNCCN1CC(=O)NC1(c2ccccc2)CCC1.Cl. The van der Waals surface area contributed by atoms with Crippen LogP contribution in [0.5, 0.6) is 5.75 Å². The molecule has 1 atom stereocenters. The zero-order valence-corrected chi connectivity index (χ0v) is 17.7. The van der Waals surface area contributed by atoms with E-state index in [1.807, 2.05) is 24.3 Å². The van der Waals surface area contributed by atoms with Gasteiger partial charge in [0.05, 0.1) is 25.2 Å². The standard InChI is InChI=1S/C23H29N3O2.ClH/c1-28-21-11-6-5-10-19(21)20-16-24-14-15-26(20)17-22(27)25-23(12-7-13-23)18-8-3-2-4-9-18;/h2-6,8-11,20,24H,7,12-17H2,1H3,(H,25,27);1H. The van der Waals surface area contributed by atoms with Crippen molar-refractivity contribution in [1.29, 1.82) is 0 Å². The third kappa shape index (κ3) is 4.58. The van der Waals surface area contributed by atoms with Crippen LogP contribution in [0.25, 0.3) is 0 Å². The van der Waals surface area contributed by atoms with Crippen molar-refractivity contribution in [1.82, 2.24) is 15.5 Å². The predicted molar refractivity (Wildman–Crippen MR) is 118 cm³/mol. The first kappa shape index (κ1) is 21.6. The van der Waals surface area contributed by atoms with E-state index in [1.54, 1.807) is 7.11 Å². The van der Waals surface area contributed by atoms with Crippen molar-refractivity contribution >= 4 is 18.3 Å². The minimum atomic E-state index is -0.188. The van der Waals surface area contributed by atoms with Crippen LogP contribution in [0.1, 0.15) is 36.4 Å². The number of ether oxygens (including phenoxy) is 1. The Bertz CT molecular complexity index is 811. The van der Waals surface area contributed by atoms with Gasteiger partial charge >= 0.3 is 0 Å². The Labute approximate surface area is 179 Å². The number of para-hydroxylation sites is 1. The number of halogens is 1. The van der Waals surface area contributed by atoms with E-state index < -0.39 is 0 Å². The summed E-state index contributed by atoms with van der Waals surface area (Å²) in [5.41, 5.74) is 2.16. The predicted octanol–water partition coefficient (Wildman–Crippen LogP) is 3.26. The average molecular weight is 416 g/mol. The molecule has 2 aromatic carbocycles. The van der Waals surface area contributed by atoms with Gasteiger partial charge < -0.3 is 15.4 Å². The Hall–Kier alpha value is -2.08. The molecule has 1 aliphatic carbocycles. The van der Waals surface area contributed by atoms with E-state index in [0.29, 0.717) is 6.54 Å². The molecule has 6 heteroatoms. The van der Waals surface area contributed by atoms with E-state index in [2.05, 4.69) is 45.9 Å². The highest BCUT2D eigenvalue weighted by atomic mass is 35.5. The van der Waals surface area contributed by atoms with Crippen molar-refractivity contribution in [2.24, 2.45) is 0 Å². The largest absolute Gasteiger partial charge is 0.496 e. The smallest absolute Gasteiger partial charge is 0.234 e. The molecule has 4 rings (SSSR count). The quantitative estimate of drug-likeness (QED) is 0.760. The van der Waals surface area contributed by atoms with E-state index in [0.717, 1.165) is 50.2 Å². The Balaban J connectivity index is 0.00000240. The number of hydrogen-bond acceptors (Lipinski definition) is 4. The maximum absolute atomic E-state index is 13.0. The number of hydrogen-bond donors (Lipinski definition) is 2. The van der Waals surface area contributed by atoms with Crippen LogP contribution in [-0.4, -0.2) is 44.1 Å². The molecule has 0 radical (unpaired) electrons. The molecule has 1 aliphatic heterocycles. The number of carbonyl (C=O) groups is 1. The summed E-state index contributed by atoms with van der Waals surface area (Å²) in [7, 11) is 1.70. The zero-order chi connectivity index (χ0) is 19.4. The second-order valence-electron chi connectivity index (χ2n) is 7.78. The van der Waals surface area contributed by atoms with Gasteiger partial charge in [-0.3, -0.25) is 9.69 Å². The maximum Gasteiger partial charge on any atom is 0.234 e. The number of rotatable bonds is 6. The Morgan fingerprint density at radius 2 is 1.90 bits per heavy atom. The molecule has 29 heavy (non-hydrogen) atoms. The van der Waals surface area contributed by atoms with Crippen molar-refractivity contribution in [3.63, 3.8) is 0 Å². The molecule has 1 heterocycles. The third-order valence-corrected chi connectivity index (χ3v) is 6.11. The van der Waals surface area contributed by atoms with Crippen molar-refractivity contribution < 1.29 is 9.53 Å². The van der Waals surface area contributed by atoms with E-state index in [-0.39, 0.29) is 29.9 Å². The minimum absolute atomic E-state index is 0. The lowest BCUT2D eigenvalue weighted by atomic mass is 9.72. The molecule has 0 bridgehead atoms. The van der Waals surface area contributed by atoms with Crippen LogP contribution in [0.2, 0.25) is 0 Å². The van der Waals surface area contributed by atoms with Gasteiger partial charge in [0.2, 0.25) is 5.91 Å². The first-order chi connectivity index (χ1) is 13.7. The first-order valence-electron chi connectivity index (χ1n) is 10.2. The second-order valence-corrected chi connectivity index (χ2v) is 7.78. The molecule has 1 saturated carbocycles. The van der Waals surface area contributed by atoms with E-state index >= 15 is 0 Å². The Morgan fingerprint density at radius 1 is 1.17 bits per heavy atom. The van der Waals surface area contributed by atoms with E-state index in [4.69, 9.17) is 4.74 Å². The van der Waals surface area contributed by atoms with Crippen molar-refractivity contribution in [2.45, 2.75) is 30.8 Å². The molecule has 1 amide bonds. The van der Waals surface area contributed by atoms with Gasteiger partial charge in [-0.15, -0.1) is 12.4 Å². The lowest BCUT2D eigenvalue weighted by Gasteiger charge is -2.44. The third-order valence-electron chi connectivity index (χ3n) is 6.11. The summed E-state index contributed by atoms with van der Waals surface area (Å²) in [6.45, 7) is 2.95. The van der Waals surface area contributed by atoms with Gasteiger partial charge in [0.15, 0.2) is 0 Å². The summed E-state index contributed by atoms with van der Waals surface area (Å²) in [4.78, 5) is 15.3. The minimum Gasteiger partial charge on any atom is -0.496 e. The summed E-state index contributed by atoms with van der Waals surface area (Å²) in [5.74, 6) is 0.978. The number of carbonyl (C=O) groups excluding carboxylic acids is 1. The van der Waals surface area contributed by atoms with Gasteiger partial charge in [-0.05, 0) is 30.9 Å². The van der Waals surface area contributed by atoms with Gasteiger partial charge in [0.1, 0.15) is 5.75 Å². The molecular formula is C23H30ClN3O2. The number of benzene rings is 2. The average Bonchev–Trinajstić information content (AvgIpc) is 2.72. The molecule has 2 fully saturated rings. The fourth-order valence-electron chi connectivity index (χ4n) is 4.45. The van der Waals surface area contributed by atoms with Crippen LogP contribution >= 0.6 is 12.4 Å². The lowest BCUT2D eigenvalue weighted by molar-refractivity contribution is -0.126. The summed E-state index contributed by atoms with van der Waals surface area (Å²) >= 11 is 0. The fraction of sp³-hybridized carbons (Fsp3) is 0.435.